The van der Waals surface area contributed by atoms with E-state index in [0.717, 1.165) is 13.1 Å². The Kier molecular flexibility index (Phi) is 1.29. The van der Waals surface area contributed by atoms with Crippen molar-refractivity contribution < 1.29 is 0 Å². The number of hydrogen-bond donors (Lipinski definition) is 0. The molecule has 2 heterocycles. The molecule has 1 aromatic heterocycles. The van der Waals surface area contributed by atoms with Crippen molar-refractivity contribution in [1.82, 2.24) is 14.7 Å². The van der Waals surface area contributed by atoms with Crippen LogP contribution in [0.3, 0.4) is 0 Å². The Balaban J connectivity index is 2.51. The molecule has 1 aliphatic rings. The summed E-state index contributed by atoms with van der Waals surface area (Å²) in [6.07, 6.45) is 0. The first-order valence-electron chi connectivity index (χ1n) is 3.88. The van der Waals surface area contributed by atoms with E-state index in [9.17, 15) is 0 Å². The van der Waals surface area contributed by atoms with Gasteiger partial charge in [0.05, 0.1) is 11.4 Å². The number of aromatic nitrogens is 2. The number of rotatable bonds is 0. The van der Waals surface area contributed by atoms with Crippen LogP contribution in [-0.2, 0) is 20.1 Å². The highest BCUT2D eigenvalue weighted by Gasteiger charge is 2.21. The van der Waals surface area contributed by atoms with E-state index < -0.39 is 0 Å². The molecule has 0 aromatic carbocycles. The van der Waals surface area contributed by atoms with Gasteiger partial charge in [0.2, 0.25) is 0 Å². The minimum absolute atomic E-state index is 1.05. The Morgan fingerprint density at radius 2 is 2.00 bits per heavy atom. The molecule has 1 aliphatic heterocycles. The van der Waals surface area contributed by atoms with E-state index in [-0.39, 0.29) is 0 Å². The molecule has 0 fully saturated rings. The lowest BCUT2D eigenvalue weighted by molar-refractivity contribution is 0.343. The quantitative estimate of drug-likeness (QED) is 0.543. The van der Waals surface area contributed by atoms with Gasteiger partial charge in [-0.1, -0.05) is 0 Å². The van der Waals surface area contributed by atoms with Crippen molar-refractivity contribution in [1.29, 1.82) is 0 Å². The van der Waals surface area contributed by atoms with Crippen LogP contribution in [-0.4, -0.2) is 21.7 Å². The number of fused-ring (bicyclic) bond motifs is 1. The van der Waals surface area contributed by atoms with Crippen molar-refractivity contribution in [2.75, 3.05) is 7.05 Å². The third-order valence-corrected chi connectivity index (χ3v) is 2.32. The first-order valence-corrected chi connectivity index (χ1v) is 3.88. The lowest BCUT2D eigenvalue weighted by atomic mass is 10.2. The van der Waals surface area contributed by atoms with Crippen LogP contribution in [0.1, 0.15) is 17.0 Å². The van der Waals surface area contributed by atoms with Crippen molar-refractivity contribution in [3.63, 3.8) is 0 Å². The van der Waals surface area contributed by atoms with E-state index in [1.165, 1.54) is 17.0 Å². The van der Waals surface area contributed by atoms with Crippen molar-refractivity contribution in [3.05, 3.63) is 17.0 Å². The van der Waals surface area contributed by atoms with Crippen LogP contribution in [0, 0.1) is 6.92 Å². The Morgan fingerprint density at radius 1 is 1.27 bits per heavy atom. The molecule has 0 aliphatic carbocycles. The van der Waals surface area contributed by atoms with Gasteiger partial charge in [0.25, 0.3) is 0 Å². The fourth-order valence-electron chi connectivity index (χ4n) is 1.73. The van der Waals surface area contributed by atoms with Gasteiger partial charge in [0.1, 0.15) is 0 Å². The van der Waals surface area contributed by atoms with E-state index >= 15 is 0 Å². The Morgan fingerprint density at radius 3 is 2.64 bits per heavy atom. The average molecular weight is 151 g/mol. The maximum atomic E-state index is 4.36. The summed E-state index contributed by atoms with van der Waals surface area (Å²) in [7, 11) is 4.16. The standard InChI is InChI=1S/C8H13N3/c1-6-7-4-10(2)5-8(7)11(3)9-6/h4-5H2,1-3H3. The second-order valence-electron chi connectivity index (χ2n) is 3.31. The van der Waals surface area contributed by atoms with Crippen molar-refractivity contribution in [3.8, 4) is 0 Å². The molecule has 60 valence electrons. The third-order valence-electron chi connectivity index (χ3n) is 2.32. The van der Waals surface area contributed by atoms with Crippen molar-refractivity contribution in [2.45, 2.75) is 20.0 Å². The fraction of sp³-hybridized carbons (Fsp3) is 0.625. The van der Waals surface area contributed by atoms with Crippen LogP contribution in [0.15, 0.2) is 0 Å². The fourth-order valence-corrected chi connectivity index (χ4v) is 1.73. The SMILES string of the molecule is Cc1nn(C)c2c1CN(C)C2. The predicted molar refractivity (Wildman–Crippen MR) is 43.1 cm³/mol. The molecule has 0 radical (unpaired) electrons. The summed E-state index contributed by atoms with van der Waals surface area (Å²) in [5.41, 5.74) is 3.99. The molecule has 0 amide bonds. The van der Waals surface area contributed by atoms with Crippen LogP contribution in [0.25, 0.3) is 0 Å². The van der Waals surface area contributed by atoms with Gasteiger partial charge in [-0.15, -0.1) is 0 Å². The van der Waals surface area contributed by atoms with Crippen LogP contribution < -0.4 is 0 Å². The van der Waals surface area contributed by atoms with Gasteiger partial charge in [-0.05, 0) is 14.0 Å². The molecule has 3 heteroatoms. The van der Waals surface area contributed by atoms with Crippen molar-refractivity contribution in [2.24, 2.45) is 7.05 Å². The molecular formula is C8H13N3. The summed E-state index contributed by atoms with van der Waals surface area (Å²) >= 11 is 0. The van der Waals surface area contributed by atoms with Crippen LogP contribution in [0.2, 0.25) is 0 Å². The average Bonchev–Trinajstić information content (AvgIpc) is 2.38. The number of aryl methyl sites for hydroxylation is 2. The van der Waals surface area contributed by atoms with Crippen LogP contribution >= 0.6 is 0 Å². The minimum atomic E-state index is 1.05. The molecule has 0 N–H and O–H groups in total. The first kappa shape index (κ1) is 6.85. The second-order valence-corrected chi connectivity index (χ2v) is 3.31. The number of hydrogen-bond acceptors (Lipinski definition) is 2. The molecular weight excluding hydrogens is 138 g/mol. The predicted octanol–water partition coefficient (Wildman–Crippen LogP) is 0.674. The Bertz CT molecular complexity index is 261. The van der Waals surface area contributed by atoms with E-state index in [1.807, 2.05) is 11.7 Å². The molecule has 0 bridgehead atoms. The third kappa shape index (κ3) is 0.878. The van der Waals surface area contributed by atoms with Crippen LogP contribution in [0.4, 0.5) is 0 Å². The molecule has 1 aromatic rings. The summed E-state index contributed by atoms with van der Waals surface area (Å²) in [4.78, 5) is 2.30. The lowest BCUT2D eigenvalue weighted by Crippen LogP contribution is -2.11. The maximum absolute atomic E-state index is 4.36. The highest BCUT2D eigenvalue weighted by atomic mass is 15.3. The van der Waals surface area contributed by atoms with Gasteiger partial charge in [-0.25, -0.2) is 0 Å². The second kappa shape index (κ2) is 2.08. The van der Waals surface area contributed by atoms with Gasteiger partial charge in [0.15, 0.2) is 0 Å². The monoisotopic (exact) mass is 151 g/mol. The van der Waals surface area contributed by atoms with Gasteiger partial charge in [-0.2, -0.15) is 5.10 Å². The van der Waals surface area contributed by atoms with Gasteiger partial charge >= 0.3 is 0 Å². The summed E-state index contributed by atoms with van der Waals surface area (Å²) in [5.74, 6) is 0. The molecule has 3 nitrogen and oxygen atoms in total. The minimum Gasteiger partial charge on any atom is -0.296 e. The van der Waals surface area contributed by atoms with Gasteiger partial charge in [0, 0.05) is 25.7 Å². The molecule has 0 spiro atoms. The van der Waals surface area contributed by atoms with Gasteiger partial charge < -0.3 is 0 Å². The summed E-state index contributed by atoms with van der Waals surface area (Å²) in [6, 6.07) is 0. The van der Waals surface area contributed by atoms with Crippen molar-refractivity contribution >= 4 is 0 Å². The summed E-state index contributed by atoms with van der Waals surface area (Å²) in [6.45, 7) is 4.19. The zero-order valence-electron chi connectivity index (χ0n) is 7.26. The molecule has 0 atom stereocenters. The Hall–Kier alpha value is -0.830. The highest BCUT2D eigenvalue weighted by Crippen LogP contribution is 2.22. The topological polar surface area (TPSA) is 21.1 Å². The highest BCUT2D eigenvalue weighted by molar-refractivity contribution is 5.28. The maximum Gasteiger partial charge on any atom is 0.0642 e. The molecule has 0 saturated carbocycles. The lowest BCUT2D eigenvalue weighted by Gasteiger charge is -2.05. The van der Waals surface area contributed by atoms with E-state index in [0.29, 0.717) is 0 Å². The summed E-state index contributed by atoms with van der Waals surface area (Å²) in [5, 5.41) is 4.36. The smallest absolute Gasteiger partial charge is 0.0642 e. The van der Waals surface area contributed by atoms with E-state index in [2.05, 4.69) is 24.0 Å². The molecule has 0 saturated heterocycles. The molecule has 2 rings (SSSR count). The number of nitrogens with zero attached hydrogens (tertiary/aromatic N) is 3. The van der Waals surface area contributed by atoms with Gasteiger partial charge in [-0.3, -0.25) is 9.58 Å². The zero-order valence-corrected chi connectivity index (χ0v) is 7.26. The normalized spacial score (nSPS) is 17.4. The first-order chi connectivity index (χ1) is 5.18. The largest absolute Gasteiger partial charge is 0.296 e. The van der Waals surface area contributed by atoms with E-state index in [1.54, 1.807) is 0 Å². The molecule has 11 heavy (non-hydrogen) atoms. The molecule has 0 unspecified atom stereocenters. The summed E-state index contributed by atoms with van der Waals surface area (Å²) < 4.78 is 1.99. The van der Waals surface area contributed by atoms with E-state index in [4.69, 9.17) is 0 Å². The van der Waals surface area contributed by atoms with Crippen LogP contribution in [0.5, 0.6) is 0 Å². The zero-order chi connectivity index (χ0) is 8.01. The Labute approximate surface area is 66.6 Å².